The van der Waals surface area contributed by atoms with Crippen molar-refractivity contribution in [2.75, 3.05) is 0 Å². The quantitative estimate of drug-likeness (QED) is 0.912. The molecule has 0 atom stereocenters. The van der Waals surface area contributed by atoms with E-state index in [9.17, 15) is 4.79 Å². The lowest BCUT2D eigenvalue weighted by molar-refractivity contribution is 0.0523. The summed E-state index contributed by atoms with van der Waals surface area (Å²) in [6.45, 7) is 5.77. The molecule has 0 saturated carbocycles. The highest BCUT2D eigenvalue weighted by molar-refractivity contribution is 9.11. The summed E-state index contributed by atoms with van der Waals surface area (Å²) in [7, 11) is 0. The smallest absolute Gasteiger partial charge is 0.408 e. The van der Waals surface area contributed by atoms with Gasteiger partial charge in [0.05, 0.1) is 6.54 Å². The van der Waals surface area contributed by atoms with Gasteiger partial charge in [-0.2, -0.15) is 0 Å². The molecular weight excluding hydrogens is 294 g/mol. The zero-order valence-electron chi connectivity index (χ0n) is 8.70. The Bertz CT molecular complexity index is 349. The number of halogens is 1. The average Bonchev–Trinajstić information content (AvgIpc) is 2.45. The number of carbonyl (C=O) groups excluding carboxylic acids is 1. The van der Waals surface area contributed by atoms with Gasteiger partial charge in [-0.25, -0.2) is 4.79 Å². The minimum Gasteiger partial charge on any atom is -0.444 e. The fourth-order valence-corrected chi connectivity index (χ4v) is 1.91. The van der Waals surface area contributed by atoms with Crippen LogP contribution >= 0.6 is 27.3 Å². The standard InChI is InChI=1S/C8H12BrN3O2S.CH4/c1-8(2,3)14-7(13)10-4-5-11-12-6(9)15-5;/h4H2,1-3H3,(H,10,13);1H4. The molecule has 1 N–H and O–H groups in total. The van der Waals surface area contributed by atoms with Crippen molar-refractivity contribution in [2.45, 2.75) is 40.3 Å². The monoisotopic (exact) mass is 309 g/mol. The maximum absolute atomic E-state index is 11.3. The van der Waals surface area contributed by atoms with E-state index in [2.05, 4.69) is 31.4 Å². The number of nitrogens with zero attached hydrogens (tertiary/aromatic N) is 2. The second-order valence-electron chi connectivity index (χ2n) is 3.80. The molecule has 0 saturated heterocycles. The summed E-state index contributed by atoms with van der Waals surface area (Å²) in [5.41, 5.74) is -0.480. The van der Waals surface area contributed by atoms with Gasteiger partial charge < -0.3 is 10.1 Å². The maximum Gasteiger partial charge on any atom is 0.408 e. The molecule has 1 rings (SSSR count). The zero-order valence-corrected chi connectivity index (χ0v) is 11.1. The summed E-state index contributed by atoms with van der Waals surface area (Å²) in [5.74, 6) is 0. The lowest BCUT2D eigenvalue weighted by Crippen LogP contribution is -2.32. The molecule has 0 aliphatic heterocycles. The zero-order chi connectivity index (χ0) is 11.5. The van der Waals surface area contributed by atoms with Crippen molar-refractivity contribution in [3.63, 3.8) is 0 Å². The van der Waals surface area contributed by atoms with Crippen molar-refractivity contribution < 1.29 is 9.53 Å². The Labute approximate surface area is 108 Å². The number of ether oxygens (including phenoxy) is 1. The van der Waals surface area contributed by atoms with Crippen molar-refractivity contribution in [1.82, 2.24) is 15.5 Å². The molecule has 1 aromatic rings. The topological polar surface area (TPSA) is 64.1 Å². The first kappa shape index (κ1) is 15.3. The summed E-state index contributed by atoms with van der Waals surface area (Å²) < 4.78 is 5.76. The SMILES string of the molecule is C.CC(C)(C)OC(=O)NCc1nnc(Br)s1. The van der Waals surface area contributed by atoms with E-state index in [-0.39, 0.29) is 7.43 Å². The Balaban J connectivity index is 0.00000225. The number of hydrogen-bond acceptors (Lipinski definition) is 5. The van der Waals surface area contributed by atoms with Crippen LogP contribution in [0.4, 0.5) is 4.79 Å². The van der Waals surface area contributed by atoms with E-state index in [1.54, 1.807) is 0 Å². The molecule has 0 aromatic carbocycles. The Morgan fingerprint density at radius 1 is 1.50 bits per heavy atom. The summed E-state index contributed by atoms with van der Waals surface area (Å²) in [5, 5.41) is 10.9. The maximum atomic E-state index is 11.3. The number of aromatic nitrogens is 2. The van der Waals surface area contributed by atoms with Crippen LogP contribution in [0.3, 0.4) is 0 Å². The molecule has 1 aromatic heterocycles. The highest BCUT2D eigenvalue weighted by Crippen LogP contribution is 2.15. The molecule has 92 valence electrons. The van der Waals surface area contributed by atoms with Crippen molar-refractivity contribution in [3.8, 4) is 0 Å². The van der Waals surface area contributed by atoms with Crippen LogP contribution in [0, 0.1) is 0 Å². The molecule has 0 radical (unpaired) electrons. The minimum absolute atomic E-state index is 0. The van der Waals surface area contributed by atoms with Crippen LogP contribution in [0.15, 0.2) is 3.92 Å². The van der Waals surface area contributed by atoms with Crippen LogP contribution in [0.5, 0.6) is 0 Å². The largest absolute Gasteiger partial charge is 0.444 e. The molecular formula is C9H16BrN3O2S. The van der Waals surface area contributed by atoms with E-state index in [0.717, 1.165) is 5.01 Å². The van der Waals surface area contributed by atoms with Crippen LogP contribution in [-0.2, 0) is 11.3 Å². The van der Waals surface area contributed by atoms with Gasteiger partial charge >= 0.3 is 6.09 Å². The van der Waals surface area contributed by atoms with Crippen LogP contribution in [0.1, 0.15) is 33.2 Å². The normalized spacial score (nSPS) is 10.5. The number of alkyl carbamates (subject to hydrolysis) is 1. The fourth-order valence-electron chi connectivity index (χ4n) is 0.767. The third-order valence-corrected chi connectivity index (χ3v) is 2.58. The van der Waals surface area contributed by atoms with Crippen molar-refractivity contribution in [1.29, 1.82) is 0 Å². The summed E-state index contributed by atoms with van der Waals surface area (Å²) in [6.07, 6.45) is -0.450. The Morgan fingerprint density at radius 2 is 2.12 bits per heavy atom. The lowest BCUT2D eigenvalue weighted by Gasteiger charge is -2.19. The van der Waals surface area contributed by atoms with Gasteiger partial charge in [-0.1, -0.05) is 18.8 Å². The summed E-state index contributed by atoms with van der Waals surface area (Å²) in [4.78, 5) is 11.3. The second-order valence-corrected chi connectivity index (χ2v) is 6.14. The number of amides is 1. The summed E-state index contributed by atoms with van der Waals surface area (Å²) >= 11 is 4.56. The van der Waals surface area contributed by atoms with Gasteiger partial charge in [0.15, 0.2) is 3.92 Å². The van der Waals surface area contributed by atoms with E-state index >= 15 is 0 Å². The first-order valence-electron chi connectivity index (χ1n) is 4.31. The second kappa shape index (κ2) is 6.15. The number of hydrogen-bond donors (Lipinski definition) is 1. The number of rotatable bonds is 2. The Morgan fingerprint density at radius 3 is 2.56 bits per heavy atom. The predicted octanol–water partition coefficient (Wildman–Crippen LogP) is 2.96. The molecule has 0 bridgehead atoms. The van der Waals surface area contributed by atoms with Crippen molar-refractivity contribution >= 4 is 33.4 Å². The van der Waals surface area contributed by atoms with Crippen LogP contribution in [0.2, 0.25) is 0 Å². The first-order valence-corrected chi connectivity index (χ1v) is 5.92. The number of nitrogens with one attached hydrogen (secondary N) is 1. The summed E-state index contributed by atoms with van der Waals surface area (Å²) in [6, 6.07) is 0. The van der Waals surface area contributed by atoms with Gasteiger partial charge in [-0.05, 0) is 36.7 Å². The van der Waals surface area contributed by atoms with Crippen LogP contribution < -0.4 is 5.32 Å². The molecule has 0 spiro atoms. The molecule has 5 nitrogen and oxygen atoms in total. The van der Waals surface area contributed by atoms with E-state index in [1.165, 1.54) is 11.3 Å². The Hall–Kier alpha value is -0.690. The van der Waals surface area contributed by atoms with E-state index in [0.29, 0.717) is 10.5 Å². The van der Waals surface area contributed by atoms with Gasteiger partial charge in [0.2, 0.25) is 0 Å². The van der Waals surface area contributed by atoms with Crippen LogP contribution in [0.25, 0.3) is 0 Å². The van der Waals surface area contributed by atoms with E-state index < -0.39 is 11.7 Å². The first-order chi connectivity index (χ1) is 6.87. The molecule has 0 aliphatic carbocycles. The van der Waals surface area contributed by atoms with Gasteiger partial charge in [0, 0.05) is 0 Å². The van der Waals surface area contributed by atoms with Crippen molar-refractivity contribution in [3.05, 3.63) is 8.92 Å². The van der Waals surface area contributed by atoms with Crippen LogP contribution in [-0.4, -0.2) is 21.9 Å². The van der Waals surface area contributed by atoms with E-state index in [4.69, 9.17) is 4.74 Å². The van der Waals surface area contributed by atoms with Crippen molar-refractivity contribution in [2.24, 2.45) is 0 Å². The molecule has 0 unspecified atom stereocenters. The van der Waals surface area contributed by atoms with Gasteiger partial charge in [-0.3, -0.25) is 0 Å². The molecule has 1 amide bonds. The Kier molecular flexibility index (Phi) is 5.88. The number of carbonyl (C=O) groups is 1. The van der Waals surface area contributed by atoms with Gasteiger partial charge in [-0.15, -0.1) is 10.2 Å². The molecule has 1 heterocycles. The molecule has 7 heteroatoms. The highest BCUT2D eigenvalue weighted by Gasteiger charge is 2.16. The van der Waals surface area contributed by atoms with Gasteiger partial charge in [0.1, 0.15) is 10.6 Å². The third kappa shape index (κ3) is 6.02. The molecule has 16 heavy (non-hydrogen) atoms. The average molecular weight is 310 g/mol. The molecule has 0 aliphatic rings. The third-order valence-electron chi connectivity index (χ3n) is 1.23. The van der Waals surface area contributed by atoms with Gasteiger partial charge in [0.25, 0.3) is 0 Å². The highest BCUT2D eigenvalue weighted by atomic mass is 79.9. The lowest BCUT2D eigenvalue weighted by atomic mass is 10.2. The molecule has 0 fully saturated rings. The minimum atomic E-state index is -0.480. The fraction of sp³-hybridized carbons (Fsp3) is 0.667. The predicted molar refractivity (Wildman–Crippen MR) is 67.4 cm³/mol. The van der Waals surface area contributed by atoms with E-state index in [1.807, 2.05) is 20.8 Å².